The van der Waals surface area contributed by atoms with Crippen molar-refractivity contribution in [2.24, 2.45) is 5.41 Å². The van der Waals surface area contributed by atoms with E-state index in [0.717, 1.165) is 0 Å². The van der Waals surface area contributed by atoms with E-state index in [2.05, 4.69) is 30.1 Å². The van der Waals surface area contributed by atoms with Crippen molar-refractivity contribution in [3.8, 4) is 6.07 Å². The summed E-state index contributed by atoms with van der Waals surface area (Å²) in [6, 6.07) is 2.09. The number of nitrogens with one attached hydrogen (secondary N) is 1. The first-order valence-electron chi connectivity index (χ1n) is 5.21. The molecule has 0 bridgehead atoms. The molecule has 4 nitrogen and oxygen atoms in total. The van der Waals surface area contributed by atoms with Gasteiger partial charge in [-0.2, -0.15) is 5.26 Å². The summed E-state index contributed by atoms with van der Waals surface area (Å²) < 4.78 is 0. The lowest BCUT2D eigenvalue weighted by Gasteiger charge is -2.32. The molecule has 0 heterocycles. The predicted molar refractivity (Wildman–Crippen MR) is 58.1 cm³/mol. The highest BCUT2D eigenvalue weighted by atomic mass is 16.2. The molecule has 1 rings (SSSR count). The number of hydrogen-bond donors (Lipinski definition) is 1. The maximum Gasteiger partial charge on any atom is 0.240 e. The Morgan fingerprint density at radius 3 is 2.40 bits per heavy atom. The van der Waals surface area contributed by atoms with Gasteiger partial charge in [-0.15, -0.1) is 0 Å². The van der Waals surface area contributed by atoms with Crippen LogP contribution in [0.15, 0.2) is 0 Å². The van der Waals surface area contributed by atoms with Gasteiger partial charge in [0, 0.05) is 12.1 Å². The SMILES string of the molecule is CN(C)C(C)(C)CNC(=O)C1(C#N)CC1. The van der Waals surface area contributed by atoms with Crippen LogP contribution in [0.25, 0.3) is 0 Å². The van der Waals surface area contributed by atoms with Crippen LogP contribution in [0.2, 0.25) is 0 Å². The van der Waals surface area contributed by atoms with E-state index in [4.69, 9.17) is 5.26 Å². The monoisotopic (exact) mass is 209 g/mol. The van der Waals surface area contributed by atoms with Crippen molar-refractivity contribution in [1.29, 1.82) is 5.26 Å². The van der Waals surface area contributed by atoms with Gasteiger partial charge in [-0.3, -0.25) is 4.79 Å². The number of amides is 1. The van der Waals surface area contributed by atoms with Crippen molar-refractivity contribution in [2.75, 3.05) is 20.6 Å². The minimum Gasteiger partial charge on any atom is -0.353 e. The van der Waals surface area contributed by atoms with Crippen LogP contribution in [0.3, 0.4) is 0 Å². The van der Waals surface area contributed by atoms with Gasteiger partial charge >= 0.3 is 0 Å². The maximum absolute atomic E-state index is 11.7. The zero-order valence-corrected chi connectivity index (χ0v) is 9.92. The second kappa shape index (κ2) is 3.82. The number of nitriles is 1. The van der Waals surface area contributed by atoms with Gasteiger partial charge in [-0.25, -0.2) is 0 Å². The number of hydrogen-bond acceptors (Lipinski definition) is 3. The van der Waals surface area contributed by atoms with Crippen LogP contribution in [-0.2, 0) is 4.79 Å². The van der Waals surface area contributed by atoms with E-state index in [1.54, 1.807) is 0 Å². The first-order chi connectivity index (χ1) is 6.84. The summed E-state index contributed by atoms with van der Waals surface area (Å²) in [6.45, 7) is 4.68. The Bertz CT molecular complexity index is 297. The second-order valence-electron chi connectivity index (χ2n) is 5.08. The zero-order chi connectivity index (χ0) is 11.7. The fourth-order valence-corrected chi connectivity index (χ4v) is 1.14. The molecule has 1 aliphatic carbocycles. The predicted octanol–water partition coefficient (Wildman–Crippen LogP) is 0.747. The molecule has 0 aromatic heterocycles. The van der Waals surface area contributed by atoms with E-state index in [-0.39, 0.29) is 11.4 Å². The van der Waals surface area contributed by atoms with E-state index in [0.29, 0.717) is 19.4 Å². The van der Waals surface area contributed by atoms with Crippen LogP contribution in [0.1, 0.15) is 26.7 Å². The molecule has 84 valence electrons. The molecule has 0 atom stereocenters. The van der Waals surface area contributed by atoms with E-state index < -0.39 is 5.41 Å². The molecule has 15 heavy (non-hydrogen) atoms. The van der Waals surface area contributed by atoms with E-state index >= 15 is 0 Å². The minimum absolute atomic E-state index is 0.0821. The Hall–Kier alpha value is -1.08. The molecule has 1 amide bonds. The van der Waals surface area contributed by atoms with Crippen molar-refractivity contribution in [2.45, 2.75) is 32.2 Å². The fourth-order valence-electron chi connectivity index (χ4n) is 1.14. The van der Waals surface area contributed by atoms with Gasteiger partial charge in [-0.1, -0.05) is 0 Å². The first-order valence-corrected chi connectivity index (χ1v) is 5.21. The van der Waals surface area contributed by atoms with Crippen molar-refractivity contribution >= 4 is 5.91 Å². The third-order valence-corrected chi connectivity index (χ3v) is 3.29. The highest BCUT2D eigenvalue weighted by Gasteiger charge is 2.50. The number of likely N-dealkylation sites (N-methyl/N-ethyl adjacent to an activating group) is 1. The molecule has 1 saturated carbocycles. The van der Waals surface area contributed by atoms with E-state index in [1.165, 1.54) is 0 Å². The van der Waals surface area contributed by atoms with Crippen molar-refractivity contribution in [3.05, 3.63) is 0 Å². The Labute approximate surface area is 91.2 Å². The zero-order valence-electron chi connectivity index (χ0n) is 9.92. The molecule has 0 aromatic rings. The molecular weight excluding hydrogens is 190 g/mol. The van der Waals surface area contributed by atoms with Gasteiger partial charge in [-0.05, 0) is 40.8 Å². The molecule has 4 heteroatoms. The average molecular weight is 209 g/mol. The smallest absolute Gasteiger partial charge is 0.240 e. The molecule has 1 N–H and O–H groups in total. The summed E-state index contributed by atoms with van der Waals surface area (Å²) in [5, 5.41) is 11.7. The molecule has 0 unspecified atom stereocenters. The summed E-state index contributed by atoms with van der Waals surface area (Å²) in [5.74, 6) is -0.111. The van der Waals surface area contributed by atoms with Gasteiger partial charge in [0.15, 0.2) is 0 Å². The second-order valence-corrected chi connectivity index (χ2v) is 5.08. The average Bonchev–Trinajstić information content (AvgIpc) is 2.94. The topological polar surface area (TPSA) is 56.1 Å². The van der Waals surface area contributed by atoms with Gasteiger partial charge in [0.1, 0.15) is 5.41 Å². The number of rotatable bonds is 4. The normalized spacial score (nSPS) is 18.4. The molecule has 0 aromatic carbocycles. The summed E-state index contributed by atoms with van der Waals surface area (Å²) in [4.78, 5) is 13.7. The molecule has 0 spiro atoms. The quantitative estimate of drug-likeness (QED) is 0.743. The summed E-state index contributed by atoms with van der Waals surface area (Å²) >= 11 is 0. The van der Waals surface area contributed by atoms with Crippen LogP contribution in [0.5, 0.6) is 0 Å². The molecule has 0 radical (unpaired) electrons. The Morgan fingerprint density at radius 2 is 2.07 bits per heavy atom. The lowest BCUT2D eigenvalue weighted by Crippen LogP contribution is -2.49. The molecular formula is C11H19N3O. The lowest BCUT2D eigenvalue weighted by atomic mass is 10.0. The van der Waals surface area contributed by atoms with Crippen LogP contribution in [0.4, 0.5) is 0 Å². The number of carbonyl (C=O) groups is 1. The van der Waals surface area contributed by atoms with Crippen LogP contribution in [-0.4, -0.2) is 37.0 Å². The largest absolute Gasteiger partial charge is 0.353 e. The number of carbonyl (C=O) groups excluding carboxylic acids is 1. The Kier molecular flexibility index (Phi) is 3.05. The Balaban J connectivity index is 2.45. The summed E-state index contributed by atoms with van der Waals surface area (Å²) in [7, 11) is 3.95. The van der Waals surface area contributed by atoms with Gasteiger partial charge in [0.2, 0.25) is 5.91 Å². The first kappa shape index (κ1) is 12.0. The molecule has 1 fully saturated rings. The molecule has 0 saturated heterocycles. The Morgan fingerprint density at radius 1 is 1.53 bits per heavy atom. The fraction of sp³-hybridized carbons (Fsp3) is 0.818. The van der Waals surface area contributed by atoms with Crippen LogP contribution >= 0.6 is 0 Å². The lowest BCUT2D eigenvalue weighted by molar-refractivity contribution is -0.124. The highest BCUT2D eigenvalue weighted by molar-refractivity contribution is 5.88. The molecule has 0 aliphatic heterocycles. The third-order valence-electron chi connectivity index (χ3n) is 3.29. The standard InChI is InChI=1S/C11H19N3O/c1-10(2,14(3)4)8-13-9(15)11(7-12)5-6-11/h5-6,8H2,1-4H3,(H,13,15). The summed E-state index contributed by atoms with van der Waals surface area (Å²) in [6.07, 6.45) is 1.41. The van der Waals surface area contributed by atoms with Gasteiger partial charge in [0.25, 0.3) is 0 Å². The van der Waals surface area contributed by atoms with E-state index in [9.17, 15) is 4.79 Å². The maximum atomic E-state index is 11.7. The van der Waals surface area contributed by atoms with Gasteiger partial charge in [0.05, 0.1) is 6.07 Å². The van der Waals surface area contributed by atoms with Crippen molar-refractivity contribution < 1.29 is 4.79 Å². The van der Waals surface area contributed by atoms with Crippen LogP contribution < -0.4 is 5.32 Å². The van der Waals surface area contributed by atoms with Crippen LogP contribution in [0, 0.1) is 16.7 Å². The number of nitrogens with zero attached hydrogens (tertiary/aromatic N) is 2. The van der Waals surface area contributed by atoms with Gasteiger partial charge < -0.3 is 10.2 Å². The molecule has 1 aliphatic rings. The third kappa shape index (κ3) is 2.48. The highest BCUT2D eigenvalue weighted by Crippen LogP contribution is 2.44. The van der Waals surface area contributed by atoms with E-state index in [1.807, 2.05) is 14.1 Å². The minimum atomic E-state index is -0.706. The van der Waals surface area contributed by atoms with Crippen molar-refractivity contribution in [3.63, 3.8) is 0 Å². The van der Waals surface area contributed by atoms with Crippen molar-refractivity contribution in [1.82, 2.24) is 10.2 Å². The summed E-state index contributed by atoms with van der Waals surface area (Å²) in [5.41, 5.74) is -0.788.